The van der Waals surface area contributed by atoms with Gasteiger partial charge in [-0.1, -0.05) is 0 Å². The van der Waals surface area contributed by atoms with Gasteiger partial charge in [0.05, 0.1) is 43.5 Å². The number of nitrogens with two attached hydrogens (primary N) is 4. The molecule has 0 bridgehead atoms. The van der Waals surface area contributed by atoms with E-state index in [1.165, 1.54) is 14.0 Å². The first-order chi connectivity index (χ1) is 33.2. The Kier molecular flexibility index (Phi) is 17.2. The second kappa shape index (κ2) is 22.3. The van der Waals surface area contributed by atoms with Gasteiger partial charge in [-0.3, -0.25) is 14.5 Å². The van der Waals surface area contributed by atoms with E-state index in [-0.39, 0.29) is 98.9 Å². The number of rotatable bonds is 18. The summed E-state index contributed by atoms with van der Waals surface area (Å²) in [5.41, 5.74) is 23.6. The number of nitrogens with zero attached hydrogens (tertiary/aromatic N) is 3. The normalized spacial score (nSPS) is 35.8. The van der Waals surface area contributed by atoms with Gasteiger partial charge in [-0.2, -0.15) is 0 Å². The number of aryl methyl sites for hydroxylation is 1. The van der Waals surface area contributed by atoms with Crippen LogP contribution in [0.1, 0.15) is 66.7 Å². The van der Waals surface area contributed by atoms with Crippen molar-refractivity contribution in [3.63, 3.8) is 0 Å². The van der Waals surface area contributed by atoms with Crippen molar-refractivity contribution >= 4 is 28.3 Å². The van der Waals surface area contributed by atoms with Crippen LogP contribution in [0, 0.1) is 25.6 Å². The molecule has 2 aliphatic carbocycles. The molecule has 2 saturated carbocycles. The highest BCUT2D eigenvalue weighted by molar-refractivity contribution is 6.00. The summed E-state index contributed by atoms with van der Waals surface area (Å²) in [5, 5.41) is 86.2. The standard InChI is InChI=1S/C45H70FN7O17/c1-17-14-51(32-29(46)18(2)27-31(42(32)65-4)53(21-5-6-21)19(3)28(35(27)58)43(63)64)9-10-52(17)16-66-15-26-33(56)30(50)36(59)44(68-26)69-40-20(12-24(55)23(54)7-8-47)11-22(49)41(39(40)62)70-45-38(61)37(60)34(57)25(13-48)67-45/h17,20-23,25-26,30,33-34,36-41,44-45,54,56-57,59-62H,5-16,47-50H2,1-4H3,(H,63,64)/t17?,20-,22-,23-,25+,26+,30-,33+,34+,36+,37-,38+,39+,40-,41+,44+,45+/m0/s1. The number of aromatic carboxylic acids is 1. The van der Waals surface area contributed by atoms with Crippen molar-refractivity contribution in [1.82, 2.24) is 9.47 Å². The van der Waals surface area contributed by atoms with Crippen LogP contribution in [0.4, 0.5) is 10.1 Å². The van der Waals surface area contributed by atoms with E-state index in [4.69, 9.17) is 51.4 Å². The van der Waals surface area contributed by atoms with Crippen LogP contribution in [0.5, 0.6) is 5.75 Å². The Balaban J connectivity index is 1.04. The number of benzene rings is 1. The zero-order valence-corrected chi connectivity index (χ0v) is 39.7. The molecule has 7 rings (SSSR count). The number of Topliss-reactive ketones (excluding diaryl/α,β-unsaturated/α-hetero) is 1. The average molecular weight is 1000 g/mol. The number of carbonyl (C=O) groups is 2. The van der Waals surface area contributed by atoms with Crippen LogP contribution in [0.2, 0.25) is 0 Å². The number of ketones is 1. The smallest absolute Gasteiger partial charge is 0.341 e. The molecule has 2 aromatic rings. The lowest BCUT2D eigenvalue weighted by Crippen LogP contribution is -2.67. The number of pyridine rings is 1. The van der Waals surface area contributed by atoms with Crippen molar-refractivity contribution < 1.29 is 83.3 Å². The Morgan fingerprint density at radius 1 is 0.900 bits per heavy atom. The van der Waals surface area contributed by atoms with Crippen molar-refractivity contribution in [2.45, 2.75) is 157 Å². The molecule has 5 aliphatic rings. The van der Waals surface area contributed by atoms with Gasteiger partial charge in [0.1, 0.15) is 72.3 Å². The number of ether oxygens (including phenoxy) is 6. The number of carboxylic acids is 1. The summed E-state index contributed by atoms with van der Waals surface area (Å²) in [6.45, 7) is 5.32. The highest BCUT2D eigenvalue weighted by Gasteiger charge is 2.53. The molecule has 0 spiro atoms. The molecule has 394 valence electrons. The lowest BCUT2D eigenvalue weighted by atomic mass is 9.76. The van der Waals surface area contributed by atoms with Crippen LogP contribution in [0.3, 0.4) is 0 Å². The number of hydrogen-bond acceptors (Lipinski definition) is 22. The van der Waals surface area contributed by atoms with E-state index in [1.54, 1.807) is 11.5 Å². The van der Waals surface area contributed by atoms with Crippen LogP contribution in [-0.4, -0.2) is 213 Å². The van der Waals surface area contributed by atoms with E-state index < -0.39 is 126 Å². The monoisotopic (exact) mass is 999 g/mol. The Bertz CT molecular complexity index is 2260. The molecule has 70 heavy (non-hydrogen) atoms. The molecule has 1 unspecified atom stereocenters. The topological polar surface area (TPSA) is 384 Å². The maximum Gasteiger partial charge on any atom is 0.341 e. The second-order valence-corrected chi connectivity index (χ2v) is 19.3. The van der Waals surface area contributed by atoms with Gasteiger partial charge >= 0.3 is 5.97 Å². The number of aliphatic hydroxyl groups is 7. The molecule has 1 aromatic carbocycles. The minimum Gasteiger partial charge on any atom is -0.492 e. The summed E-state index contributed by atoms with van der Waals surface area (Å²) in [5.74, 6) is -3.52. The Labute approximate surface area is 402 Å². The Morgan fingerprint density at radius 3 is 2.17 bits per heavy atom. The molecule has 17 atom stereocenters. The molecular formula is C45H70FN7O17. The number of aliphatic hydroxyl groups excluding tert-OH is 7. The number of halogens is 1. The van der Waals surface area contributed by atoms with Gasteiger partial charge in [0.15, 0.2) is 29.9 Å². The maximum atomic E-state index is 16.6. The van der Waals surface area contributed by atoms with Crippen LogP contribution < -0.4 is 38.0 Å². The molecule has 16 N–H and O–H groups in total. The summed E-state index contributed by atoms with van der Waals surface area (Å²) in [6.07, 6.45) is -18.9. The highest BCUT2D eigenvalue weighted by atomic mass is 19.1. The molecule has 0 radical (unpaired) electrons. The number of carbonyl (C=O) groups excluding carboxylic acids is 1. The van der Waals surface area contributed by atoms with Crippen LogP contribution in [0.15, 0.2) is 4.79 Å². The molecule has 5 fully saturated rings. The second-order valence-electron chi connectivity index (χ2n) is 19.3. The number of fused-ring (bicyclic) bond motifs is 1. The predicted octanol–water partition coefficient (Wildman–Crippen LogP) is -4.03. The SMILES string of the molecule is COc1c(N2CCN(COC[C@H]3O[C@H](O[C@H]4[C@H](CC(=O)[C@@H](O)CCN)C[C@H](N)[C@@H](O[C@H]5O[C@H](CN)[C@@H](O)[C@H](O)[C@H]5O)[C@@H]4O)[C@H](O)[C@@H](N)[C@@H]3O)C(C)C2)c(F)c(C)c2c(=O)c(C(=O)O)c(C)n(C3CC3)c12. The molecule has 24 nitrogen and oxygen atoms in total. The van der Waals surface area contributed by atoms with Gasteiger partial charge in [0.25, 0.3) is 0 Å². The van der Waals surface area contributed by atoms with Crippen molar-refractivity contribution in [3.8, 4) is 5.75 Å². The van der Waals surface area contributed by atoms with Gasteiger partial charge in [-0.25, -0.2) is 9.18 Å². The molecular weight excluding hydrogens is 930 g/mol. The first-order valence-electron chi connectivity index (χ1n) is 23.7. The van der Waals surface area contributed by atoms with Gasteiger partial charge in [0, 0.05) is 62.0 Å². The zero-order valence-electron chi connectivity index (χ0n) is 39.7. The predicted molar refractivity (Wildman–Crippen MR) is 244 cm³/mol. The average Bonchev–Trinajstić information content (AvgIpc) is 4.16. The van der Waals surface area contributed by atoms with E-state index in [0.29, 0.717) is 12.1 Å². The molecule has 1 aromatic heterocycles. The molecule has 3 saturated heterocycles. The van der Waals surface area contributed by atoms with E-state index in [0.717, 1.165) is 12.8 Å². The zero-order chi connectivity index (χ0) is 51.2. The van der Waals surface area contributed by atoms with Gasteiger partial charge in [-0.15, -0.1) is 0 Å². The van der Waals surface area contributed by atoms with E-state index >= 15 is 4.39 Å². The highest BCUT2D eigenvalue weighted by Crippen LogP contribution is 2.46. The van der Waals surface area contributed by atoms with Crippen molar-refractivity contribution in [2.24, 2.45) is 28.9 Å². The minimum absolute atomic E-state index is 0.000958. The van der Waals surface area contributed by atoms with Crippen molar-refractivity contribution in [1.29, 1.82) is 0 Å². The largest absolute Gasteiger partial charge is 0.492 e. The van der Waals surface area contributed by atoms with Gasteiger partial charge in [0.2, 0.25) is 5.43 Å². The summed E-state index contributed by atoms with van der Waals surface area (Å²) in [7, 11) is 1.38. The summed E-state index contributed by atoms with van der Waals surface area (Å²) >= 11 is 0. The quantitative estimate of drug-likeness (QED) is 0.0677. The number of carboxylic acid groups (broad SMARTS) is 1. The number of aromatic nitrogens is 1. The third-order valence-electron chi connectivity index (χ3n) is 14.6. The molecule has 4 heterocycles. The molecule has 0 amide bonds. The number of hydrogen-bond donors (Lipinski definition) is 12. The van der Waals surface area contributed by atoms with Crippen LogP contribution in [0.25, 0.3) is 10.9 Å². The Morgan fingerprint density at radius 2 is 1.56 bits per heavy atom. The summed E-state index contributed by atoms with van der Waals surface area (Å²) in [4.78, 5) is 42.8. The van der Waals surface area contributed by atoms with Gasteiger partial charge < -0.3 is 102 Å². The van der Waals surface area contributed by atoms with Crippen molar-refractivity contribution in [2.75, 3.05) is 58.1 Å². The third-order valence-corrected chi connectivity index (χ3v) is 14.6. The number of methoxy groups -OCH3 is 1. The minimum atomic E-state index is -1.80. The fourth-order valence-corrected chi connectivity index (χ4v) is 10.4. The van der Waals surface area contributed by atoms with Crippen LogP contribution in [-0.2, 0) is 28.5 Å². The lowest BCUT2D eigenvalue weighted by Gasteiger charge is -2.49. The number of piperazine rings is 1. The lowest BCUT2D eigenvalue weighted by molar-refractivity contribution is -0.336. The maximum absolute atomic E-state index is 16.6. The summed E-state index contributed by atoms with van der Waals surface area (Å²) < 4.78 is 54.1. The van der Waals surface area contributed by atoms with Crippen molar-refractivity contribution in [3.05, 3.63) is 32.9 Å². The fraction of sp³-hybridized carbons (Fsp3) is 0.756. The first kappa shape index (κ1) is 54.2. The third kappa shape index (κ3) is 10.5. The van der Waals surface area contributed by atoms with Crippen LogP contribution >= 0.6 is 0 Å². The van der Waals surface area contributed by atoms with Gasteiger partial charge in [-0.05, 0) is 58.9 Å². The summed E-state index contributed by atoms with van der Waals surface area (Å²) in [6, 6.07) is -2.76. The fourth-order valence-electron chi connectivity index (χ4n) is 10.4. The van der Waals surface area contributed by atoms with E-state index in [2.05, 4.69) is 0 Å². The molecule has 3 aliphatic heterocycles. The Hall–Kier alpha value is -3.58. The van der Waals surface area contributed by atoms with E-state index in [1.807, 2.05) is 16.7 Å². The number of anilines is 1. The first-order valence-corrected chi connectivity index (χ1v) is 23.7. The molecule has 25 heteroatoms. The van der Waals surface area contributed by atoms with E-state index in [9.17, 15) is 55.2 Å².